The Labute approximate surface area is 98.1 Å². The predicted molar refractivity (Wildman–Crippen MR) is 60.7 cm³/mol. The summed E-state index contributed by atoms with van der Waals surface area (Å²) < 4.78 is 6.96. The van der Waals surface area contributed by atoms with Gasteiger partial charge in [0.05, 0.1) is 6.10 Å². The highest BCUT2D eigenvalue weighted by atomic mass is 16.5. The van der Waals surface area contributed by atoms with E-state index in [4.69, 9.17) is 4.74 Å². The molecule has 7 heteroatoms. The van der Waals surface area contributed by atoms with E-state index in [1.54, 1.807) is 0 Å². The Hall–Kier alpha value is -1.76. The van der Waals surface area contributed by atoms with Crippen LogP contribution in [0.1, 0.15) is 19.3 Å². The molecular formula is C10H14N6O. The molecule has 1 saturated heterocycles. The zero-order valence-corrected chi connectivity index (χ0v) is 9.41. The van der Waals surface area contributed by atoms with Crippen molar-refractivity contribution < 1.29 is 4.74 Å². The largest absolute Gasteiger partial charge is 0.378 e. The fourth-order valence-electron chi connectivity index (χ4n) is 1.98. The average Bonchev–Trinajstić information content (AvgIpc) is 2.98. The number of ether oxygens (including phenoxy) is 1. The summed E-state index contributed by atoms with van der Waals surface area (Å²) in [7, 11) is 0. The minimum atomic E-state index is 0.402. The molecule has 0 radical (unpaired) electrons. The number of fused-ring (bicyclic) bond motifs is 1. The highest BCUT2D eigenvalue weighted by Gasteiger charge is 2.14. The summed E-state index contributed by atoms with van der Waals surface area (Å²) in [4.78, 5) is 0. The van der Waals surface area contributed by atoms with Gasteiger partial charge in [-0.3, -0.25) is 0 Å². The summed E-state index contributed by atoms with van der Waals surface area (Å²) in [5, 5.41) is 18.6. The smallest absolute Gasteiger partial charge is 0.200 e. The van der Waals surface area contributed by atoms with Crippen molar-refractivity contribution >= 4 is 11.5 Å². The van der Waals surface area contributed by atoms with Gasteiger partial charge in [0.25, 0.3) is 0 Å². The van der Waals surface area contributed by atoms with E-state index < -0.39 is 0 Å². The second kappa shape index (κ2) is 4.62. The van der Waals surface area contributed by atoms with Crippen molar-refractivity contribution in [3.05, 3.63) is 12.1 Å². The summed E-state index contributed by atoms with van der Waals surface area (Å²) in [5.41, 5.74) is 0.648. The maximum Gasteiger partial charge on any atom is 0.200 e. The molecule has 3 rings (SSSR count). The van der Waals surface area contributed by atoms with Gasteiger partial charge in [-0.1, -0.05) is 0 Å². The molecule has 3 heterocycles. The molecule has 0 saturated carbocycles. The molecule has 0 aliphatic carbocycles. The molecule has 7 nitrogen and oxygen atoms in total. The number of tetrazole rings is 1. The van der Waals surface area contributed by atoms with Crippen LogP contribution in [0.3, 0.4) is 0 Å². The maximum absolute atomic E-state index is 5.55. The molecule has 90 valence electrons. The summed E-state index contributed by atoms with van der Waals surface area (Å²) in [6.45, 7) is 1.75. The van der Waals surface area contributed by atoms with E-state index in [9.17, 15) is 0 Å². The Morgan fingerprint density at radius 2 is 2.47 bits per heavy atom. The number of anilines is 1. The van der Waals surface area contributed by atoms with Gasteiger partial charge in [-0.2, -0.15) is 0 Å². The lowest BCUT2D eigenvalue weighted by molar-refractivity contribution is 0.107. The average molecular weight is 234 g/mol. The number of nitrogens with zero attached hydrogens (tertiary/aromatic N) is 5. The van der Waals surface area contributed by atoms with E-state index in [0.717, 1.165) is 25.4 Å². The van der Waals surface area contributed by atoms with E-state index in [2.05, 4.69) is 25.9 Å². The Morgan fingerprint density at radius 1 is 1.47 bits per heavy atom. The zero-order chi connectivity index (χ0) is 11.5. The lowest BCUT2D eigenvalue weighted by atomic mass is 10.2. The molecular weight excluding hydrogens is 220 g/mol. The second-order valence-electron chi connectivity index (χ2n) is 4.10. The van der Waals surface area contributed by atoms with Crippen LogP contribution in [0.25, 0.3) is 5.65 Å². The van der Waals surface area contributed by atoms with Crippen LogP contribution in [-0.4, -0.2) is 44.5 Å². The molecule has 0 spiro atoms. The van der Waals surface area contributed by atoms with Crippen molar-refractivity contribution in [1.82, 2.24) is 25.3 Å². The fourth-order valence-corrected chi connectivity index (χ4v) is 1.98. The molecule has 1 unspecified atom stereocenters. The molecule has 0 bridgehead atoms. The van der Waals surface area contributed by atoms with E-state index >= 15 is 0 Å². The first kappa shape index (κ1) is 10.4. The van der Waals surface area contributed by atoms with Gasteiger partial charge in [-0.25, -0.2) is 0 Å². The highest BCUT2D eigenvalue weighted by Crippen LogP contribution is 2.15. The van der Waals surface area contributed by atoms with Crippen LogP contribution >= 0.6 is 0 Å². The maximum atomic E-state index is 5.55. The standard InChI is InChI=1S/C10H14N6O/c1-2-8(17-7-1)5-6-11-9-3-4-10-12-14-15-16(10)13-9/h3-4,8H,1-2,5-7H2,(H,11,13). The Kier molecular flexibility index (Phi) is 2.83. The SMILES string of the molecule is c1cc2nnnn2nc1NCCC1CCCO1. The van der Waals surface area contributed by atoms with E-state index in [-0.39, 0.29) is 0 Å². The topological polar surface area (TPSA) is 77.2 Å². The number of rotatable bonds is 4. The van der Waals surface area contributed by atoms with Crippen molar-refractivity contribution in [3.63, 3.8) is 0 Å². The van der Waals surface area contributed by atoms with Gasteiger partial charge in [0.1, 0.15) is 5.82 Å². The summed E-state index contributed by atoms with van der Waals surface area (Å²) >= 11 is 0. The summed E-state index contributed by atoms with van der Waals surface area (Å²) in [6, 6.07) is 3.71. The lowest BCUT2D eigenvalue weighted by Crippen LogP contribution is -2.13. The lowest BCUT2D eigenvalue weighted by Gasteiger charge is -2.09. The molecule has 1 aliphatic heterocycles. The van der Waals surface area contributed by atoms with Crippen LogP contribution in [0.5, 0.6) is 0 Å². The van der Waals surface area contributed by atoms with Crippen LogP contribution < -0.4 is 5.32 Å². The van der Waals surface area contributed by atoms with Crippen LogP contribution in [0, 0.1) is 0 Å². The summed E-state index contributed by atoms with van der Waals surface area (Å²) in [5.74, 6) is 0.780. The zero-order valence-electron chi connectivity index (χ0n) is 9.41. The minimum Gasteiger partial charge on any atom is -0.378 e. The van der Waals surface area contributed by atoms with E-state index in [1.807, 2.05) is 12.1 Å². The van der Waals surface area contributed by atoms with Crippen LogP contribution in [0.15, 0.2) is 12.1 Å². The molecule has 0 aromatic carbocycles. The third kappa shape index (κ3) is 2.33. The minimum absolute atomic E-state index is 0.402. The van der Waals surface area contributed by atoms with Crippen LogP contribution in [0.2, 0.25) is 0 Å². The van der Waals surface area contributed by atoms with Crippen molar-refractivity contribution in [2.45, 2.75) is 25.4 Å². The Morgan fingerprint density at radius 3 is 3.35 bits per heavy atom. The van der Waals surface area contributed by atoms with Crippen molar-refractivity contribution in [3.8, 4) is 0 Å². The van der Waals surface area contributed by atoms with Gasteiger partial charge in [0, 0.05) is 13.2 Å². The summed E-state index contributed by atoms with van der Waals surface area (Å²) in [6.07, 6.45) is 3.76. The molecule has 1 N–H and O–H groups in total. The predicted octanol–water partition coefficient (Wildman–Crippen LogP) is 0.500. The highest BCUT2D eigenvalue weighted by molar-refractivity contribution is 5.41. The normalized spacial score (nSPS) is 19.9. The number of hydrogen-bond acceptors (Lipinski definition) is 6. The molecule has 2 aromatic rings. The first-order valence-electron chi connectivity index (χ1n) is 5.83. The van der Waals surface area contributed by atoms with Gasteiger partial charge >= 0.3 is 0 Å². The molecule has 0 amide bonds. The third-order valence-electron chi connectivity index (χ3n) is 2.87. The van der Waals surface area contributed by atoms with Crippen LogP contribution in [-0.2, 0) is 4.74 Å². The molecule has 1 aliphatic rings. The van der Waals surface area contributed by atoms with Gasteiger partial charge in [0.2, 0.25) is 0 Å². The molecule has 1 fully saturated rings. The van der Waals surface area contributed by atoms with Gasteiger partial charge in [-0.15, -0.1) is 14.8 Å². The van der Waals surface area contributed by atoms with Crippen molar-refractivity contribution in [2.24, 2.45) is 0 Å². The van der Waals surface area contributed by atoms with Gasteiger partial charge in [-0.05, 0) is 41.8 Å². The molecule has 1 atom stereocenters. The van der Waals surface area contributed by atoms with Crippen LogP contribution in [0.4, 0.5) is 5.82 Å². The number of nitrogens with one attached hydrogen (secondary N) is 1. The number of aromatic nitrogens is 5. The van der Waals surface area contributed by atoms with Crippen molar-refractivity contribution in [2.75, 3.05) is 18.5 Å². The van der Waals surface area contributed by atoms with Gasteiger partial charge < -0.3 is 10.1 Å². The quantitative estimate of drug-likeness (QED) is 0.830. The van der Waals surface area contributed by atoms with E-state index in [0.29, 0.717) is 11.8 Å². The first-order valence-corrected chi connectivity index (χ1v) is 5.83. The Bertz CT molecular complexity index is 492. The number of hydrogen-bond donors (Lipinski definition) is 1. The third-order valence-corrected chi connectivity index (χ3v) is 2.87. The van der Waals surface area contributed by atoms with Gasteiger partial charge in [0.15, 0.2) is 5.65 Å². The molecule has 17 heavy (non-hydrogen) atoms. The Balaban J connectivity index is 1.56. The second-order valence-corrected chi connectivity index (χ2v) is 4.10. The first-order chi connectivity index (χ1) is 8.42. The monoisotopic (exact) mass is 234 g/mol. The van der Waals surface area contributed by atoms with Crippen molar-refractivity contribution in [1.29, 1.82) is 0 Å². The van der Waals surface area contributed by atoms with E-state index in [1.165, 1.54) is 17.5 Å². The fraction of sp³-hybridized carbons (Fsp3) is 0.600. The molecule has 2 aromatic heterocycles.